The van der Waals surface area contributed by atoms with Gasteiger partial charge in [0, 0.05) is 18.0 Å². The molecule has 0 spiro atoms. The van der Waals surface area contributed by atoms with Gasteiger partial charge in [0.1, 0.15) is 6.29 Å². The fourth-order valence-electron chi connectivity index (χ4n) is 1.51. The molecule has 2 rings (SSSR count). The van der Waals surface area contributed by atoms with Crippen molar-refractivity contribution in [2.24, 2.45) is 0 Å². The lowest BCUT2D eigenvalue weighted by atomic mass is 10.2. The van der Waals surface area contributed by atoms with Gasteiger partial charge in [-0.15, -0.1) is 0 Å². The summed E-state index contributed by atoms with van der Waals surface area (Å²) in [6.45, 7) is 0.120. The molecule has 0 aliphatic rings. The molecule has 0 radical (unpaired) electrons. The number of aromatic nitrogens is 1. The zero-order chi connectivity index (χ0) is 11.4. The van der Waals surface area contributed by atoms with Crippen LogP contribution in [0.25, 0.3) is 10.9 Å². The molecule has 16 heavy (non-hydrogen) atoms. The first-order valence-corrected chi connectivity index (χ1v) is 5.00. The third-order valence-electron chi connectivity index (χ3n) is 2.26. The maximum Gasteiger partial charge on any atom is 0.418 e. The van der Waals surface area contributed by atoms with E-state index >= 15 is 0 Å². The second-order valence-corrected chi connectivity index (χ2v) is 3.31. The van der Waals surface area contributed by atoms with Crippen LogP contribution in [0.1, 0.15) is 6.42 Å². The van der Waals surface area contributed by atoms with E-state index in [1.165, 1.54) is 4.57 Å². The zero-order valence-corrected chi connectivity index (χ0v) is 8.63. The highest BCUT2D eigenvalue weighted by Crippen LogP contribution is 2.15. The molecule has 0 aliphatic carbocycles. The summed E-state index contributed by atoms with van der Waals surface area (Å²) >= 11 is 0. The number of carbonyl (C=O) groups is 2. The smallest absolute Gasteiger partial charge is 0.418 e. The lowest BCUT2D eigenvalue weighted by Gasteiger charge is -2.04. The summed E-state index contributed by atoms with van der Waals surface area (Å²) in [7, 11) is 0. The quantitative estimate of drug-likeness (QED) is 0.585. The largest absolute Gasteiger partial charge is 0.448 e. The van der Waals surface area contributed by atoms with Crippen LogP contribution in [-0.4, -0.2) is 23.6 Å². The number of hydrogen-bond donors (Lipinski definition) is 0. The van der Waals surface area contributed by atoms with Gasteiger partial charge in [-0.05, 0) is 12.1 Å². The van der Waals surface area contributed by atoms with Crippen molar-refractivity contribution >= 4 is 23.3 Å². The fourth-order valence-corrected chi connectivity index (χ4v) is 1.51. The Morgan fingerprint density at radius 1 is 1.31 bits per heavy atom. The Kier molecular flexibility index (Phi) is 3.00. The topological polar surface area (TPSA) is 48.3 Å². The van der Waals surface area contributed by atoms with Gasteiger partial charge in [-0.1, -0.05) is 18.2 Å². The monoisotopic (exact) mass is 217 g/mol. The van der Waals surface area contributed by atoms with E-state index < -0.39 is 6.09 Å². The molecule has 0 unspecified atom stereocenters. The molecule has 2 aromatic rings. The summed E-state index contributed by atoms with van der Waals surface area (Å²) in [5.41, 5.74) is 0.804. The molecule has 4 heteroatoms. The summed E-state index contributed by atoms with van der Waals surface area (Å²) in [6, 6.07) is 9.37. The molecule has 0 bridgehead atoms. The van der Waals surface area contributed by atoms with Crippen LogP contribution < -0.4 is 0 Å². The summed E-state index contributed by atoms with van der Waals surface area (Å²) in [5, 5.41) is 0.981. The van der Waals surface area contributed by atoms with Gasteiger partial charge in [-0.2, -0.15) is 0 Å². The lowest BCUT2D eigenvalue weighted by Crippen LogP contribution is -2.13. The Morgan fingerprint density at radius 3 is 2.94 bits per heavy atom. The van der Waals surface area contributed by atoms with E-state index in [0.29, 0.717) is 0 Å². The number of hydrogen-bond acceptors (Lipinski definition) is 3. The minimum absolute atomic E-state index is 0.120. The summed E-state index contributed by atoms with van der Waals surface area (Å²) in [4.78, 5) is 21.7. The predicted octanol–water partition coefficient (Wildman–Crippen LogP) is 2.21. The number of fused-ring (bicyclic) bond motifs is 1. The standard InChI is InChI=1S/C12H11NO3/c14-8-3-9-16-12(15)13-7-6-10-4-1-2-5-11(10)13/h1-2,4-8H,3,9H2. The zero-order valence-electron chi connectivity index (χ0n) is 8.63. The molecule has 1 aromatic heterocycles. The van der Waals surface area contributed by atoms with Crippen LogP contribution in [0, 0.1) is 0 Å². The van der Waals surface area contributed by atoms with Gasteiger partial charge in [-0.3, -0.25) is 4.57 Å². The molecule has 0 fully saturated rings. The molecule has 4 nitrogen and oxygen atoms in total. The highest BCUT2D eigenvalue weighted by Gasteiger charge is 2.08. The van der Waals surface area contributed by atoms with E-state index in [2.05, 4.69) is 0 Å². The second kappa shape index (κ2) is 4.61. The van der Waals surface area contributed by atoms with Crippen LogP contribution in [0.5, 0.6) is 0 Å². The molecular formula is C12H11NO3. The Bertz CT molecular complexity index is 516. The van der Waals surface area contributed by atoms with Gasteiger partial charge in [0.05, 0.1) is 12.1 Å². The molecule has 0 saturated heterocycles. The number of rotatable bonds is 3. The van der Waals surface area contributed by atoms with E-state index in [-0.39, 0.29) is 13.0 Å². The molecule has 82 valence electrons. The molecule has 0 amide bonds. The minimum Gasteiger partial charge on any atom is -0.448 e. The maximum atomic E-state index is 11.6. The van der Waals surface area contributed by atoms with Crippen molar-refractivity contribution in [3.8, 4) is 0 Å². The van der Waals surface area contributed by atoms with Gasteiger partial charge in [-0.25, -0.2) is 4.79 Å². The van der Waals surface area contributed by atoms with Gasteiger partial charge in [0.15, 0.2) is 0 Å². The van der Waals surface area contributed by atoms with Crippen molar-refractivity contribution < 1.29 is 14.3 Å². The Morgan fingerprint density at radius 2 is 2.12 bits per heavy atom. The van der Waals surface area contributed by atoms with E-state index in [9.17, 15) is 9.59 Å². The van der Waals surface area contributed by atoms with Crippen molar-refractivity contribution in [2.45, 2.75) is 6.42 Å². The first-order valence-electron chi connectivity index (χ1n) is 5.00. The van der Waals surface area contributed by atoms with Crippen LogP contribution in [0.3, 0.4) is 0 Å². The number of ether oxygens (including phenoxy) is 1. The second-order valence-electron chi connectivity index (χ2n) is 3.31. The van der Waals surface area contributed by atoms with Gasteiger partial charge < -0.3 is 9.53 Å². The summed E-state index contributed by atoms with van der Waals surface area (Å²) in [6.07, 6.45) is 2.16. The van der Waals surface area contributed by atoms with Gasteiger partial charge in [0.25, 0.3) is 0 Å². The van der Waals surface area contributed by atoms with Crippen LogP contribution in [0.4, 0.5) is 4.79 Å². The highest BCUT2D eigenvalue weighted by molar-refractivity contribution is 5.89. The van der Waals surface area contributed by atoms with Crippen LogP contribution in [0.2, 0.25) is 0 Å². The Labute approximate surface area is 92.4 Å². The van der Waals surface area contributed by atoms with E-state index in [4.69, 9.17) is 4.74 Å². The molecule has 1 aromatic carbocycles. The van der Waals surface area contributed by atoms with Crippen molar-refractivity contribution in [1.82, 2.24) is 4.57 Å². The predicted molar refractivity (Wildman–Crippen MR) is 59.4 cm³/mol. The molecular weight excluding hydrogens is 206 g/mol. The van der Waals surface area contributed by atoms with Gasteiger partial charge in [0.2, 0.25) is 0 Å². The molecule has 0 atom stereocenters. The lowest BCUT2D eigenvalue weighted by molar-refractivity contribution is -0.108. The van der Waals surface area contributed by atoms with E-state index in [1.807, 2.05) is 30.3 Å². The average molecular weight is 217 g/mol. The Hall–Kier alpha value is -2.10. The molecule has 0 N–H and O–H groups in total. The van der Waals surface area contributed by atoms with Crippen molar-refractivity contribution in [2.75, 3.05) is 6.61 Å². The summed E-state index contributed by atoms with van der Waals surface area (Å²) < 4.78 is 6.36. The van der Waals surface area contributed by atoms with Crippen LogP contribution >= 0.6 is 0 Å². The van der Waals surface area contributed by atoms with Crippen molar-refractivity contribution in [1.29, 1.82) is 0 Å². The van der Waals surface area contributed by atoms with E-state index in [0.717, 1.165) is 17.2 Å². The van der Waals surface area contributed by atoms with Crippen LogP contribution in [-0.2, 0) is 9.53 Å². The number of nitrogens with zero attached hydrogens (tertiary/aromatic N) is 1. The SMILES string of the molecule is O=CCCOC(=O)n1ccc2ccccc21. The number of benzene rings is 1. The van der Waals surface area contributed by atoms with Crippen molar-refractivity contribution in [3.05, 3.63) is 36.5 Å². The first-order chi connectivity index (χ1) is 7.83. The maximum absolute atomic E-state index is 11.6. The van der Waals surface area contributed by atoms with Gasteiger partial charge >= 0.3 is 6.09 Å². The van der Waals surface area contributed by atoms with Crippen molar-refractivity contribution in [3.63, 3.8) is 0 Å². The number of para-hydroxylation sites is 1. The number of aldehydes is 1. The van der Waals surface area contributed by atoms with Crippen LogP contribution in [0.15, 0.2) is 36.5 Å². The highest BCUT2D eigenvalue weighted by atomic mass is 16.5. The third kappa shape index (κ3) is 1.95. The van der Waals surface area contributed by atoms with E-state index in [1.54, 1.807) is 6.20 Å². The first kappa shape index (κ1) is 10.4. The molecule has 0 saturated carbocycles. The normalized spacial score (nSPS) is 10.2. The molecule has 1 heterocycles. The Balaban J connectivity index is 2.19. The summed E-state index contributed by atoms with van der Waals surface area (Å²) in [5.74, 6) is 0. The molecule has 0 aliphatic heterocycles. The number of carbonyl (C=O) groups excluding carboxylic acids is 2. The third-order valence-corrected chi connectivity index (χ3v) is 2.26. The fraction of sp³-hybridized carbons (Fsp3) is 0.167. The average Bonchev–Trinajstić information content (AvgIpc) is 2.73. The minimum atomic E-state index is -0.456.